The maximum absolute atomic E-state index is 12.7. The third-order valence-electron chi connectivity index (χ3n) is 5.17. The van der Waals surface area contributed by atoms with Crippen molar-refractivity contribution in [2.24, 2.45) is 0 Å². The quantitative estimate of drug-likeness (QED) is 0.888. The molecule has 2 aromatic rings. The van der Waals surface area contributed by atoms with E-state index in [1.165, 1.54) is 22.8 Å². The molecule has 0 spiro atoms. The molecular formula is C18H23N3O2S2. The number of fused-ring (bicyclic) bond motifs is 1. The van der Waals surface area contributed by atoms with Crippen LogP contribution in [0.15, 0.2) is 24.3 Å². The molecule has 2 saturated heterocycles. The molecule has 0 atom stereocenters. The number of benzene rings is 1. The highest BCUT2D eigenvalue weighted by Gasteiger charge is 2.39. The Labute approximate surface area is 156 Å². The standard InChI is InChI=1S/C18H23N3O2S2/c22-16(17-20-14-3-1-2-4-15(14)25-17)19-13-18(5-9-23-10-6-18)21-7-11-24-12-8-21/h1-4H,5-13H2,(H,19,22). The van der Waals surface area contributed by atoms with Crippen LogP contribution in [0.25, 0.3) is 10.2 Å². The van der Waals surface area contributed by atoms with Crippen LogP contribution >= 0.6 is 23.1 Å². The summed E-state index contributed by atoms with van der Waals surface area (Å²) in [6.45, 7) is 4.43. The molecule has 2 aliphatic heterocycles. The molecular weight excluding hydrogens is 354 g/mol. The molecule has 5 nitrogen and oxygen atoms in total. The van der Waals surface area contributed by atoms with Gasteiger partial charge >= 0.3 is 0 Å². The molecule has 0 saturated carbocycles. The minimum atomic E-state index is -0.0570. The second-order valence-electron chi connectivity index (χ2n) is 6.61. The van der Waals surface area contributed by atoms with E-state index >= 15 is 0 Å². The van der Waals surface area contributed by atoms with Crippen molar-refractivity contribution < 1.29 is 9.53 Å². The van der Waals surface area contributed by atoms with E-state index in [-0.39, 0.29) is 11.4 Å². The number of hydrogen-bond donors (Lipinski definition) is 1. The summed E-state index contributed by atoms with van der Waals surface area (Å²) in [6, 6.07) is 7.89. The molecule has 7 heteroatoms. The lowest BCUT2D eigenvalue weighted by atomic mass is 9.87. The average molecular weight is 378 g/mol. The summed E-state index contributed by atoms with van der Waals surface area (Å²) in [5.74, 6) is 2.29. The number of amides is 1. The molecule has 1 amide bonds. The number of thioether (sulfide) groups is 1. The first-order valence-electron chi connectivity index (χ1n) is 8.81. The van der Waals surface area contributed by atoms with Gasteiger partial charge in [0.1, 0.15) is 0 Å². The Balaban J connectivity index is 1.47. The maximum atomic E-state index is 12.7. The number of carbonyl (C=O) groups excluding carboxylic acids is 1. The Morgan fingerprint density at radius 3 is 2.76 bits per heavy atom. The first-order chi connectivity index (χ1) is 12.3. The fourth-order valence-corrected chi connectivity index (χ4v) is 5.47. The van der Waals surface area contributed by atoms with Gasteiger partial charge in [0.25, 0.3) is 5.91 Å². The van der Waals surface area contributed by atoms with E-state index in [2.05, 4.69) is 15.2 Å². The fraction of sp³-hybridized carbons (Fsp3) is 0.556. The number of hydrogen-bond acceptors (Lipinski definition) is 6. The Morgan fingerprint density at radius 1 is 1.24 bits per heavy atom. The molecule has 2 aliphatic rings. The van der Waals surface area contributed by atoms with Gasteiger partial charge in [0.05, 0.1) is 10.2 Å². The van der Waals surface area contributed by atoms with Crippen LogP contribution in [0.5, 0.6) is 0 Å². The minimum Gasteiger partial charge on any atom is -0.381 e. The smallest absolute Gasteiger partial charge is 0.280 e. The highest BCUT2D eigenvalue weighted by Crippen LogP contribution is 2.30. The Morgan fingerprint density at radius 2 is 2.00 bits per heavy atom. The third-order valence-corrected chi connectivity index (χ3v) is 7.15. The van der Waals surface area contributed by atoms with Crippen LogP contribution in [0.3, 0.4) is 0 Å². The van der Waals surface area contributed by atoms with Gasteiger partial charge in [0, 0.05) is 49.9 Å². The molecule has 4 rings (SSSR count). The van der Waals surface area contributed by atoms with Gasteiger partial charge in [-0.05, 0) is 25.0 Å². The average Bonchev–Trinajstić information content (AvgIpc) is 3.12. The largest absolute Gasteiger partial charge is 0.381 e. The third kappa shape index (κ3) is 3.69. The lowest BCUT2D eigenvalue weighted by molar-refractivity contribution is -0.0237. The summed E-state index contributed by atoms with van der Waals surface area (Å²) in [5.41, 5.74) is 0.928. The van der Waals surface area contributed by atoms with E-state index in [4.69, 9.17) is 4.74 Å². The first kappa shape index (κ1) is 17.3. The Bertz CT molecular complexity index is 704. The predicted molar refractivity (Wildman–Crippen MR) is 104 cm³/mol. The van der Waals surface area contributed by atoms with E-state index in [1.807, 2.05) is 36.0 Å². The number of rotatable bonds is 4. The van der Waals surface area contributed by atoms with E-state index in [1.54, 1.807) is 0 Å². The van der Waals surface area contributed by atoms with Crippen molar-refractivity contribution in [3.8, 4) is 0 Å². The van der Waals surface area contributed by atoms with Gasteiger partial charge in [0.15, 0.2) is 5.01 Å². The van der Waals surface area contributed by atoms with Crippen molar-refractivity contribution in [3.63, 3.8) is 0 Å². The molecule has 25 heavy (non-hydrogen) atoms. The zero-order chi connectivity index (χ0) is 17.1. The number of nitrogens with zero attached hydrogens (tertiary/aromatic N) is 2. The van der Waals surface area contributed by atoms with Crippen molar-refractivity contribution >= 4 is 39.2 Å². The zero-order valence-corrected chi connectivity index (χ0v) is 15.8. The lowest BCUT2D eigenvalue weighted by Crippen LogP contribution is -2.60. The molecule has 1 aromatic carbocycles. The van der Waals surface area contributed by atoms with E-state index in [9.17, 15) is 4.79 Å². The van der Waals surface area contributed by atoms with Crippen molar-refractivity contribution in [1.29, 1.82) is 0 Å². The predicted octanol–water partition coefficient (Wildman–Crippen LogP) is 2.62. The summed E-state index contributed by atoms with van der Waals surface area (Å²) < 4.78 is 6.65. The summed E-state index contributed by atoms with van der Waals surface area (Å²) in [5, 5.41) is 3.73. The maximum Gasteiger partial charge on any atom is 0.280 e. The highest BCUT2D eigenvalue weighted by molar-refractivity contribution is 7.99. The van der Waals surface area contributed by atoms with Crippen molar-refractivity contribution in [2.45, 2.75) is 18.4 Å². The Kier molecular flexibility index (Phi) is 5.26. The number of aromatic nitrogens is 1. The summed E-state index contributed by atoms with van der Waals surface area (Å²) >= 11 is 3.48. The van der Waals surface area contributed by atoms with Crippen LogP contribution in [-0.4, -0.2) is 65.7 Å². The highest BCUT2D eigenvalue weighted by atomic mass is 32.2. The summed E-state index contributed by atoms with van der Waals surface area (Å²) in [4.78, 5) is 19.7. The fourth-order valence-electron chi connectivity index (χ4n) is 3.68. The van der Waals surface area contributed by atoms with Gasteiger partial charge in [-0.3, -0.25) is 9.69 Å². The van der Waals surface area contributed by atoms with Crippen LogP contribution < -0.4 is 5.32 Å². The van der Waals surface area contributed by atoms with Crippen LogP contribution in [0.2, 0.25) is 0 Å². The second-order valence-corrected chi connectivity index (χ2v) is 8.86. The second kappa shape index (κ2) is 7.61. The van der Waals surface area contributed by atoms with Crippen molar-refractivity contribution in [1.82, 2.24) is 15.2 Å². The summed E-state index contributed by atoms with van der Waals surface area (Å²) in [6.07, 6.45) is 1.97. The minimum absolute atomic E-state index is 0.0333. The molecule has 0 bridgehead atoms. The van der Waals surface area contributed by atoms with Gasteiger partial charge in [-0.2, -0.15) is 11.8 Å². The normalized spacial score (nSPS) is 21.3. The van der Waals surface area contributed by atoms with Crippen LogP contribution in [0.1, 0.15) is 22.6 Å². The van der Waals surface area contributed by atoms with Gasteiger partial charge in [0.2, 0.25) is 0 Å². The number of nitrogens with one attached hydrogen (secondary N) is 1. The van der Waals surface area contributed by atoms with Crippen molar-refractivity contribution in [3.05, 3.63) is 29.3 Å². The number of para-hydroxylation sites is 1. The van der Waals surface area contributed by atoms with E-state index in [0.717, 1.165) is 49.4 Å². The number of ether oxygens (including phenoxy) is 1. The topological polar surface area (TPSA) is 54.5 Å². The molecule has 1 N–H and O–H groups in total. The van der Waals surface area contributed by atoms with Crippen LogP contribution in [0, 0.1) is 0 Å². The molecule has 0 radical (unpaired) electrons. The van der Waals surface area contributed by atoms with E-state index in [0.29, 0.717) is 11.6 Å². The van der Waals surface area contributed by atoms with Crippen LogP contribution in [-0.2, 0) is 4.74 Å². The summed E-state index contributed by atoms with van der Waals surface area (Å²) in [7, 11) is 0. The molecule has 0 unspecified atom stereocenters. The molecule has 3 heterocycles. The van der Waals surface area contributed by atoms with Gasteiger partial charge in [-0.15, -0.1) is 11.3 Å². The monoisotopic (exact) mass is 377 g/mol. The Hall–Kier alpha value is -1.15. The number of thiazole rings is 1. The van der Waals surface area contributed by atoms with Gasteiger partial charge < -0.3 is 10.1 Å². The zero-order valence-electron chi connectivity index (χ0n) is 14.2. The molecule has 134 valence electrons. The van der Waals surface area contributed by atoms with Crippen LogP contribution in [0.4, 0.5) is 0 Å². The lowest BCUT2D eigenvalue weighted by Gasteiger charge is -2.47. The molecule has 2 fully saturated rings. The molecule has 0 aliphatic carbocycles. The van der Waals surface area contributed by atoms with Gasteiger partial charge in [-0.1, -0.05) is 12.1 Å². The SMILES string of the molecule is O=C(NCC1(N2CCSCC2)CCOCC1)c1nc2ccccc2s1. The molecule has 1 aromatic heterocycles. The van der Waals surface area contributed by atoms with E-state index < -0.39 is 0 Å². The van der Waals surface area contributed by atoms with Gasteiger partial charge in [-0.25, -0.2) is 4.98 Å². The number of carbonyl (C=O) groups is 1. The first-order valence-corrected chi connectivity index (χ1v) is 10.8. The van der Waals surface area contributed by atoms with Crippen molar-refractivity contribution in [2.75, 3.05) is 44.4 Å².